The summed E-state index contributed by atoms with van der Waals surface area (Å²) in [6, 6.07) is 15.1. The maximum Gasteiger partial charge on any atom is 0.243 e. The van der Waals surface area contributed by atoms with Crippen molar-refractivity contribution in [2.24, 2.45) is 0 Å². The molecule has 5 nitrogen and oxygen atoms in total. The molecule has 0 aliphatic rings. The van der Waals surface area contributed by atoms with Gasteiger partial charge in [-0.05, 0) is 47.9 Å². The van der Waals surface area contributed by atoms with E-state index < -0.39 is 0 Å². The Morgan fingerprint density at radius 3 is 1.88 bits per heavy atom. The normalized spacial score (nSPS) is 10.3. The lowest BCUT2D eigenvalue weighted by molar-refractivity contribution is -0.115. The van der Waals surface area contributed by atoms with Crippen molar-refractivity contribution in [3.63, 3.8) is 0 Å². The van der Waals surface area contributed by atoms with E-state index in [0.29, 0.717) is 5.92 Å². The molecule has 0 heterocycles. The maximum absolute atomic E-state index is 12.0. The summed E-state index contributed by atoms with van der Waals surface area (Å²) < 4.78 is 0. The first-order valence-electron chi connectivity index (χ1n) is 7.95. The van der Waals surface area contributed by atoms with E-state index in [1.165, 1.54) is 12.5 Å². The second kappa shape index (κ2) is 8.15. The van der Waals surface area contributed by atoms with E-state index in [9.17, 15) is 9.59 Å². The van der Waals surface area contributed by atoms with E-state index in [4.69, 9.17) is 0 Å². The van der Waals surface area contributed by atoms with E-state index in [1.807, 2.05) is 36.4 Å². The van der Waals surface area contributed by atoms with Gasteiger partial charge >= 0.3 is 0 Å². The van der Waals surface area contributed by atoms with Crippen molar-refractivity contribution in [2.75, 3.05) is 22.5 Å². The summed E-state index contributed by atoms with van der Waals surface area (Å²) in [5, 5.41) is 8.60. The van der Waals surface area contributed by atoms with Crippen LogP contribution in [-0.2, 0) is 9.59 Å². The van der Waals surface area contributed by atoms with E-state index in [1.54, 1.807) is 12.1 Å². The molecule has 0 aliphatic carbocycles. The third-order valence-electron chi connectivity index (χ3n) is 3.52. The van der Waals surface area contributed by atoms with Crippen molar-refractivity contribution in [1.82, 2.24) is 0 Å². The van der Waals surface area contributed by atoms with Crippen LogP contribution in [0.1, 0.15) is 32.3 Å². The van der Waals surface area contributed by atoms with Crippen molar-refractivity contribution in [3.05, 3.63) is 54.1 Å². The topological polar surface area (TPSA) is 70.2 Å². The van der Waals surface area contributed by atoms with Crippen LogP contribution in [0, 0.1) is 0 Å². The van der Waals surface area contributed by atoms with Crippen LogP contribution in [0.5, 0.6) is 0 Å². The average molecular weight is 325 g/mol. The van der Waals surface area contributed by atoms with Gasteiger partial charge in [-0.25, -0.2) is 0 Å². The van der Waals surface area contributed by atoms with E-state index in [2.05, 4.69) is 29.8 Å². The van der Waals surface area contributed by atoms with Gasteiger partial charge in [0, 0.05) is 24.0 Å². The molecule has 0 bridgehead atoms. The molecule has 2 aromatic rings. The molecule has 2 rings (SSSR count). The minimum Gasteiger partial charge on any atom is -0.376 e. The second-order valence-corrected chi connectivity index (χ2v) is 5.94. The monoisotopic (exact) mass is 325 g/mol. The van der Waals surface area contributed by atoms with Gasteiger partial charge in [0.25, 0.3) is 0 Å². The van der Waals surface area contributed by atoms with Crippen LogP contribution in [0.2, 0.25) is 0 Å². The fourth-order valence-electron chi connectivity index (χ4n) is 2.21. The summed E-state index contributed by atoms with van der Waals surface area (Å²) in [6.07, 6.45) is 0. The van der Waals surface area contributed by atoms with Crippen LogP contribution < -0.4 is 16.0 Å². The highest BCUT2D eigenvalue weighted by molar-refractivity contribution is 5.94. The molecule has 0 spiro atoms. The number of rotatable bonds is 6. The predicted molar refractivity (Wildman–Crippen MR) is 98.4 cm³/mol. The van der Waals surface area contributed by atoms with E-state index in [0.717, 1.165) is 17.1 Å². The minimum absolute atomic E-state index is 0.112. The summed E-state index contributed by atoms with van der Waals surface area (Å²) in [5.74, 6) is 0.244. The third-order valence-corrected chi connectivity index (χ3v) is 3.52. The fraction of sp³-hybridized carbons (Fsp3) is 0.263. The molecule has 2 aromatic carbocycles. The molecule has 0 saturated heterocycles. The van der Waals surface area contributed by atoms with Gasteiger partial charge in [-0.1, -0.05) is 26.0 Å². The van der Waals surface area contributed by atoms with Crippen LogP contribution in [0.4, 0.5) is 17.1 Å². The molecule has 0 aliphatic heterocycles. The largest absolute Gasteiger partial charge is 0.376 e. The minimum atomic E-state index is -0.113. The number of benzene rings is 2. The van der Waals surface area contributed by atoms with Crippen molar-refractivity contribution in [3.8, 4) is 0 Å². The summed E-state index contributed by atoms with van der Waals surface area (Å²) in [4.78, 5) is 23.0. The van der Waals surface area contributed by atoms with Gasteiger partial charge < -0.3 is 16.0 Å². The first-order chi connectivity index (χ1) is 11.4. The van der Waals surface area contributed by atoms with E-state index in [-0.39, 0.29) is 18.4 Å². The molecular formula is C19H23N3O2. The van der Waals surface area contributed by atoms with Crippen molar-refractivity contribution in [1.29, 1.82) is 0 Å². The van der Waals surface area contributed by atoms with Gasteiger partial charge in [-0.2, -0.15) is 0 Å². The molecule has 0 fully saturated rings. The lowest BCUT2D eigenvalue weighted by Gasteiger charge is -2.10. The smallest absolute Gasteiger partial charge is 0.243 e. The Kier molecular flexibility index (Phi) is 5.95. The number of hydrogen-bond donors (Lipinski definition) is 3. The molecule has 2 amide bonds. The summed E-state index contributed by atoms with van der Waals surface area (Å²) >= 11 is 0. The quantitative estimate of drug-likeness (QED) is 0.756. The Morgan fingerprint density at radius 1 is 0.833 bits per heavy atom. The first-order valence-corrected chi connectivity index (χ1v) is 7.95. The molecular weight excluding hydrogens is 302 g/mol. The lowest BCUT2D eigenvalue weighted by Crippen LogP contribution is -2.21. The van der Waals surface area contributed by atoms with Crippen LogP contribution in [-0.4, -0.2) is 18.4 Å². The highest BCUT2D eigenvalue weighted by Crippen LogP contribution is 2.17. The zero-order chi connectivity index (χ0) is 17.5. The molecule has 126 valence electrons. The van der Waals surface area contributed by atoms with Gasteiger partial charge in [0.1, 0.15) is 0 Å². The van der Waals surface area contributed by atoms with Gasteiger partial charge in [0.05, 0.1) is 6.54 Å². The standard InChI is InChI=1S/C19H23N3O2/c1-13(2)15-4-6-18(7-5-15)22-19(24)12-20-16-8-10-17(11-9-16)21-14(3)23/h4-11,13,20H,12H2,1-3H3,(H,21,23)(H,22,24). The molecule has 3 N–H and O–H groups in total. The number of nitrogens with one attached hydrogen (secondary N) is 3. The maximum atomic E-state index is 12.0. The number of anilines is 3. The molecule has 24 heavy (non-hydrogen) atoms. The number of carbonyl (C=O) groups excluding carboxylic acids is 2. The SMILES string of the molecule is CC(=O)Nc1ccc(NCC(=O)Nc2ccc(C(C)C)cc2)cc1. The van der Waals surface area contributed by atoms with Gasteiger partial charge in [0.15, 0.2) is 0 Å². The lowest BCUT2D eigenvalue weighted by atomic mass is 10.0. The van der Waals surface area contributed by atoms with E-state index >= 15 is 0 Å². The molecule has 0 radical (unpaired) electrons. The highest BCUT2D eigenvalue weighted by atomic mass is 16.2. The van der Waals surface area contributed by atoms with Crippen molar-refractivity contribution < 1.29 is 9.59 Å². The predicted octanol–water partition coefficient (Wildman–Crippen LogP) is 3.82. The second-order valence-electron chi connectivity index (χ2n) is 5.94. The molecule has 5 heteroatoms. The van der Waals surface area contributed by atoms with Crippen LogP contribution >= 0.6 is 0 Å². The van der Waals surface area contributed by atoms with Crippen LogP contribution in [0.3, 0.4) is 0 Å². The molecule has 0 atom stereocenters. The Hall–Kier alpha value is -2.82. The van der Waals surface area contributed by atoms with Crippen molar-refractivity contribution >= 4 is 28.9 Å². The average Bonchev–Trinajstić information content (AvgIpc) is 2.54. The Balaban J connectivity index is 1.83. The summed E-state index contributed by atoms with van der Waals surface area (Å²) in [5.41, 5.74) is 3.56. The van der Waals surface area contributed by atoms with Gasteiger partial charge in [-0.3, -0.25) is 9.59 Å². The highest BCUT2D eigenvalue weighted by Gasteiger charge is 2.04. The number of amides is 2. The molecule has 0 aromatic heterocycles. The summed E-state index contributed by atoms with van der Waals surface area (Å²) in [7, 11) is 0. The van der Waals surface area contributed by atoms with Crippen molar-refractivity contribution in [2.45, 2.75) is 26.7 Å². The Bertz CT molecular complexity index is 692. The Morgan fingerprint density at radius 2 is 1.33 bits per heavy atom. The fourth-order valence-corrected chi connectivity index (χ4v) is 2.21. The Labute approximate surface area is 142 Å². The van der Waals surface area contributed by atoms with Crippen LogP contribution in [0.25, 0.3) is 0 Å². The van der Waals surface area contributed by atoms with Gasteiger partial charge in [-0.15, -0.1) is 0 Å². The zero-order valence-corrected chi connectivity index (χ0v) is 14.2. The number of carbonyl (C=O) groups is 2. The molecule has 0 saturated carbocycles. The zero-order valence-electron chi connectivity index (χ0n) is 14.2. The molecule has 0 unspecified atom stereocenters. The number of hydrogen-bond acceptors (Lipinski definition) is 3. The van der Waals surface area contributed by atoms with Gasteiger partial charge in [0.2, 0.25) is 11.8 Å². The van der Waals surface area contributed by atoms with Crippen LogP contribution in [0.15, 0.2) is 48.5 Å². The first kappa shape index (κ1) is 17.5. The third kappa shape index (κ3) is 5.43. The summed E-state index contributed by atoms with van der Waals surface area (Å²) in [6.45, 7) is 5.90.